The van der Waals surface area contributed by atoms with Crippen molar-refractivity contribution in [1.29, 1.82) is 0 Å². The number of aryl methyl sites for hydroxylation is 1. The number of carbonyl (C=O) groups excluding carboxylic acids is 2. The zero-order valence-corrected chi connectivity index (χ0v) is 15.5. The molecule has 2 heterocycles. The van der Waals surface area contributed by atoms with Gasteiger partial charge in [0, 0.05) is 10.3 Å². The first kappa shape index (κ1) is 17.5. The van der Waals surface area contributed by atoms with Gasteiger partial charge in [0.15, 0.2) is 0 Å². The first-order valence-electron chi connectivity index (χ1n) is 8.76. The summed E-state index contributed by atoms with van der Waals surface area (Å²) in [6.45, 7) is 2.20. The molecule has 2 amide bonds. The summed E-state index contributed by atoms with van der Waals surface area (Å²) in [4.78, 5) is 38.5. The van der Waals surface area contributed by atoms with Crippen molar-refractivity contribution in [2.45, 2.75) is 26.2 Å². The molecular formula is C20H18N2O4S. The molecule has 7 heteroatoms. The van der Waals surface area contributed by atoms with E-state index in [4.69, 9.17) is 4.42 Å². The van der Waals surface area contributed by atoms with Gasteiger partial charge in [0.2, 0.25) is 0 Å². The van der Waals surface area contributed by atoms with Gasteiger partial charge < -0.3 is 4.42 Å². The van der Waals surface area contributed by atoms with Crippen molar-refractivity contribution in [3.8, 4) is 0 Å². The van der Waals surface area contributed by atoms with Crippen LogP contribution in [0.3, 0.4) is 0 Å². The smallest absolute Gasteiger partial charge is 0.349 e. The van der Waals surface area contributed by atoms with Crippen LogP contribution in [0.1, 0.15) is 43.8 Å². The van der Waals surface area contributed by atoms with Crippen LogP contribution in [-0.4, -0.2) is 11.8 Å². The molecule has 1 atom stereocenters. The summed E-state index contributed by atoms with van der Waals surface area (Å²) in [5.74, 6) is -0.479. The molecule has 1 aliphatic carbocycles. The number of hydrazine groups is 1. The summed E-state index contributed by atoms with van der Waals surface area (Å²) >= 11 is 1.45. The van der Waals surface area contributed by atoms with E-state index in [1.807, 2.05) is 6.07 Å². The lowest BCUT2D eigenvalue weighted by Crippen LogP contribution is -2.42. The highest BCUT2D eigenvalue weighted by Gasteiger charge is 2.21. The first-order valence-corrected chi connectivity index (χ1v) is 9.58. The summed E-state index contributed by atoms with van der Waals surface area (Å²) in [5, 5.41) is 0.633. The van der Waals surface area contributed by atoms with Gasteiger partial charge in [0.25, 0.3) is 11.8 Å². The minimum atomic E-state index is -0.749. The molecule has 1 aliphatic rings. The Morgan fingerprint density at radius 1 is 1.15 bits per heavy atom. The Morgan fingerprint density at radius 3 is 2.78 bits per heavy atom. The van der Waals surface area contributed by atoms with Gasteiger partial charge >= 0.3 is 5.63 Å². The Morgan fingerprint density at radius 2 is 1.93 bits per heavy atom. The third kappa shape index (κ3) is 3.50. The molecule has 0 radical (unpaired) electrons. The lowest BCUT2D eigenvalue weighted by atomic mass is 9.90. The number of para-hydroxylation sites is 1. The minimum absolute atomic E-state index is 0.159. The lowest BCUT2D eigenvalue weighted by Gasteiger charge is -2.16. The Labute approximate surface area is 159 Å². The molecule has 1 aromatic carbocycles. The van der Waals surface area contributed by atoms with Crippen LogP contribution in [0.2, 0.25) is 0 Å². The third-order valence-electron chi connectivity index (χ3n) is 4.73. The number of thiophene rings is 1. The van der Waals surface area contributed by atoms with Crippen LogP contribution in [-0.2, 0) is 12.8 Å². The van der Waals surface area contributed by atoms with Crippen LogP contribution < -0.4 is 16.5 Å². The summed E-state index contributed by atoms with van der Waals surface area (Å²) < 4.78 is 5.14. The Hall–Kier alpha value is -2.93. The van der Waals surface area contributed by atoms with Crippen LogP contribution in [0.5, 0.6) is 0 Å². The second kappa shape index (κ2) is 7.00. The largest absolute Gasteiger partial charge is 0.422 e. The summed E-state index contributed by atoms with van der Waals surface area (Å²) in [6.07, 6.45) is 3.09. The van der Waals surface area contributed by atoms with E-state index in [1.165, 1.54) is 27.8 Å². The minimum Gasteiger partial charge on any atom is -0.422 e. The Balaban J connectivity index is 1.47. The van der Waals surface area contributed by atoms with Crippen LogP contribution in [0.25, 0.3) is 11.0 Å². The van der Waals surface area contributed by atoms with Gasteiger partial charge in [0.1, 0.15) is 11.1 Å². The van der Waals surface area contributed by atoms with Gasteiger partial charge in [-0.25, -0.2) is 4.79 Å². The molecule has 27 heavy (non-hydrogen) atoms. The van der Waals surface area contributed by atoms with Crippen LogP contribution >= 0.6 is 11.3 Å². The predicted octanol–water partition coefficient (Wildman–Crippen LogP) is 3.05. The topological polar surface area (TPSA) is 88.4 Å². The SMILES string of the molecule is C[C@H]1CCc2sc(C(=O)NNC(=O)c3cc4ccccc4oc3=O)cc2C1. The van der Waals surface area contributed by atoms with Gasteiger partial charge in [0.05, 0.1) is 4.88 Å². The van der Waals surface area contributed by atoms with Crippen molar-refractivity contribution in [3.63, 3.8) is 0 Å². The van der Waals surface area contributed by atoms with E-state index < -0.39 is 11.5 Å². The molecule has 0 spiro atoms. The van der Waals surface area contributed by atoms with Crippen molar-refractivity contribution in [2.75, 3.05) is 0 Å². The van der Waals surface area contributed by atoms with Crippen molar-refractivity contribution in [1.82, 2.24) is 10.9 Å². The van der Waals surface area contributed by atoms with E-state index in [-0.39, 0.29) is 11.5 Å². The molecule has 0 bridgehead atoms. The fourth-order valence-electron chi connectivity index (χ4n) is 3.28. The number of fused-ring (bicyclic) bond motifs is 2. The Kier molecular flexibility index (Phi) is 4.53. The zero-order chi connectivity index (χ0) is 19.0. The van der Waals surface area contributed by atoms with E-state index in [2.05, 4.69) is 17.8 Å². The van der Waals surface area contributed by atoms with Crippen LogP contribution in [0.15, 0.2) is 45.6 Å². The number of amides is 2. The standard InChI is InChI=1S/C20H18N2O4S/c1-11-6-7-16-13(8-11)10-17(27-16)19(24)22-21-18(23)14-9-12-4-2-3-5-15(12)26-20(14)25/h2-5,9-11H,6-8H2,1H3,(H,21,23)(H,22,24)/t11-/m0/s1. The molecule has 0 fully saturated rings. The van der Waals surface area contributed by atoms with Crippen molar-refractivity contribution < 1.29 is 14.0 Å². The monoisotopic (exact) mass is 382 g/mol. The maximum absolute atomic E-state index is 12.4. The third-order valence-corrected chi connectivity index (χ3v) is 5.96. The highest BCUT2D eigenvalue weighted by molar-refractivity contribution is 7.14. The molecule has 2 aromatic heterocycles. The lowest BCUT2D eigenvalue weighted by molar-refractivity contribution is 0.0846. The zero-order valence-electron chi connectivity index (χ0n) is 14.7. The quantitative estimate of drug-likeness (QED) is 0.527. The van der Waals surface area contributed by atoms with Gasteiger partial charge in [-0.2, -0.15) is 0 Å². The molecular weight excluding hydrogens is 364 g/mol. The normalized spacial score (nSPS) is 16.0. The summed E-state index contributed by atoms with van der Waals surface area (Å²) in [5.41, 5.74) is 5.39. The fraction of sp³-hybridized carbons (Fsp3) is 0.250. The first-order chi connectivity index (χ1) is 13.0. The van der Waals surface area contributed by atoms with Crippen LogP contribution in [0.4, 0.5) is 0 Å². The maximum Gasteiger partial charge on any atom is 0.349 e. The number of carbonyl (C=O) groups is 2. The maximum atomic E-state index is 12.4. The number of hydrogen-bond donors (Lipinski definition) is 2. The summed E-state index contributed by atoms with van der Waals surface area (Å²) in [6, 6.07) is 10.3. The highest BCUT2D eigenvalue weighted by atomic mass is 32.1. The average molecular weight is 382 g/mol. The molecule has 0 saturated carbocycles. The van der Waals surface area contributed by atoms with E-state index >= 15 is 0 Å². The molecule has 0 saturated heterocycles. The number of nitrogens with one attached hydrogen (secondary N) is 2. The van der Waals surface area contributed by atoms with Crippen molar-refractivity contribution in [3.05, 3.63) is 67.7 Å². The summed E-state index contributed by atoms with van der Waals surface area (Å²) in [7, 11) is 0. The highest BCUT2D eigenvalue weighted by Crippen LogP contribution is 2.32. The van der Waals surface area contributed by atoms with Gasteiger partial charge in [-0.15, -0.1) is 11.3 Å². The molecule has 3 aromatic rings. The number of benzene rings is 1. The van der Waals surface area contributed by atoms with Crippen molar-refractivity contribution >= 4 is 34.1 Å². The number of hydrogen-bond acceptors (Lipinski definition) is 5. The van der Waals surface area contributed by atoms with E-state index in [9.17, 15) is 14.4 Å². The molecule has 6 nitrogen and oxygen atoms in total. The van der Waals surface area contributed by atoms with Gasteiger partial charge in [-0.05, 0) is 48.9 Å². The Bertz CT molecular complexity index is 1100. The van der Waals surface area contributed by atoms with Crippen LogP contribution in [0, 0.1) is 5.92 Å². The second-order valence-electron chi connectivity index (χ2n) is 6.80. The van der Waals surface area contributed by atoms with E-state index in [0.717, 1.165) is 19.3 Å². The van der Waals surface area contributed by atoms with E-state index in [1.54, 1.807) is 24.3 Å². The molecule has 2 N–H and O–H groups in total. The van der Waals surface area contributed by atoms with Crippen molar-refractivity contribution in [2.24, 2.45) is 5.92 Å². The predicted molar refractivity (Wildman–Crippen MR) is 103 cm³/mol. The van der Waals surface area contributed by atoms with Gasteiger partial charge in [-0.3, -0.25) is 20.4 Å². The molecule has 138 valence electrons. The fourth-order valence-corrected chi connectivity index (χ4v) is 4.38. The van der Waals surface area contributed by atoms with E-state index in [0.29, 0.717) is 21.8 Å². The van der Waals surface area contributed by atoms with Gasteiger partial charge in [-0.1, -0.05) is 25.1 Å². The number of rotatable bonds is 2. The average Bonchev–Trinajstić information content (AvgIpc) is 3.08. The molecule has 0 unspecified atom stereocenters. The molecule has 4 rings (SSSR count). The second-order valence-corrected chi connectivity index (χ2v) is 7.94. The molecule has 0 aliphatic heterocycles.